The summed E-state index contributed by atoms with van der Waals surface area (Å²) in [6.45, 7) is 9.06. The lowest BCUT2D eigenvalue weighted by molar-refractivity contribution is -0.143. The number of benzene rings is 1. The molecule has 6 heteroatoms. The van der Waals surface area contributed by atoms with Gasteiger partial charge >= 0.3 is 0 Å². The lowest BCUT2D eigenvalue weighted by Gasteiger charge is -2.41. The van der Waals surface area contributed by atoms with Crippen LogP contribution in [0.4, 0.5) is 5.69 Å². The van der Waals surface area contributed by atoms with Gasteiger partial charge in [-0.25, -0.2) is 0 Å². The summed E-state index contributed by atoms with van der Waals surface area (Å²) in [5.74, 6) is 1.62. The van der Waals surface area contributed by atoms with Crippen molar-refractivity contribution in [3.05, 3.63) is 29.8 Å². The summed E-state index contributed by atoms with van der Waals surface area (Å²) in [7, 11) is 0. The fraction of sp³-hybridized carbons (Fsp3) is 0.769. The molecule has 1 aromatic carbocycles. The average molecular weight is 444 g/mol. The maximum absolute atomic E-state index is 10.2. The maximum Gasteiger partial charge on any atom is 0.107 e. The molecule has 5 rings (SSSR count). The van der Waals surface area contributed by atoms with Crippen LogP contribution >= 0.6 is 0 Å². The van der Waals surface area contributed by atoms with E-state index in [0.29, 0.717) is 13.0 Å². The molecule has 0 aromatic heterocycles. The first-order chi connectivity index (χ1) is 15.7. The zero-order valence-electron chi connectivity index (χ0n) is 19.4. The highest BCUT2D eigenvalue weighted by atomic mass is 16.5. The Morgan fingerprint density at radius 3 is 2.06 bits per heavy atom. The molecule has 1 aromatic rings. The van der Waals surface area contributed by atoms with E-state index in [9.17, 15) is 10.2 Å². The van der Waals surface area contributed by atoms with Gasteiger partial charge in [-0.15, -0.1) is 0 Å². The first-order valence-electron chi connectivity index (χ1n) is 12.9. The Kier molecular flexibility index (Phi) is 7.34. The molecule has 178 valence electrons. The molecule has 6 nitrogen and oxygen atoms in total. The molecule has 1 saturated carbocycles. The third-order valence-electron chi connectivity index (χ3n) is 8.39. The van der Waals surface area contributed by atoms with Crippen LogP contribution in [-0.4, -0.2) is 97.3 Å². The van der Waals surface area contributed by atoms with Crippen LogP contribution in [-0.2, 0) is 4.74 Å². The number of rotatable bonds is 6. The minimum Gasteiger partial charge on any atom is -0.390 e. The fourth-order valence-electron chi connectivity index (χ4n) is 5.86. The third-order valence-corrected chi connectivity index (χ3v) is 8.39. The quantitative estimate of drug-likeness (QED) is 0.704. The smallest absolute Gasteiger partial charge is 0.107 e. The molecule has 3 aliphatic heterocycles. The third kappa shape index (κ3) is 5.31. The normalized spacial score (nSPS) is 31.6. The number of aliphatic hydroxyl groups is 2. The molecule has 2 N–H and O–H groups in total. The van der Waals surface area contributed by atoms with Gasteiger partial charge in [0, 0.05) is 64.7 Å². The van der Waals surface area contributed by atoms with Gasteiger partial charge in [-0.05, 0) is 61.6 Å². The minimum absolute atomic E-state index is 0.252. The molecule has 3 atom stereocenters. The van der Waals surface area contributed by atoms with Gasteiger partial charge in [-0.3, -0.25) is 4.90 Å². The molecule has 0 spiro atoms. The van der Waals surface area contributed by atoms with Gasteiger partial charge in [0.15, 0.2) is 0 Å². The van der Waals surface area contributed by atoms with Crippen molar-refractivity contribution >= 4 is 5.69 Å². The van der Waals surface area contributed by atoms with E-state index in [1.54, 1.807) is 0 Å². The van der Waals surface area contributed by atoms with Crippen LogP contribution in [0, 0.1) is 5.92 Å². The van der Waals surface area contributed by atoms with Crippen LogP contribution in [0.2, 0.25) is 0 Å². The molecule has 3 saturated heterocycles. The Bertz CT molecular complexity index is 710. The Morgan fingerprint density at radius 2 is 1.44 bits per heavy atom. The van der Waals surface area contributed by atoms with E-state index in [2.05, 4.69) is 39.0 Å². The number of ether oxygens (including phenoxy) is 1. The van der Waals surface area contributed by atoms with Gasteiger partial charge in [0.1, 0.15) is 6.10 Å². The molecule has 0 bridgehead atoms. The van der Waals surface area contributed by atoms with Gasteiger partial charge in [-0.2, -0.15) is 0 Å². The summed E-state index contributed by atoms with van der Waals surface area (Å²) in [6, 6.07) is 9.42. The number of hydrogen-bond acceptors (Lipinski definition) is 6. The van der Waals surface area contributed by atoms with Crippen molar-refractivity contribution in [3.63, 3.8) is 0 Å². The summed E-state index contributed by atoms with van der Waals surface area (Å²) in [4.78, 5) is 7.58. The minimum atomic E-state index is -0.749. The van der Waals surface area contributed by atoms with Crippen LogP contribution in [0.1, 0.15) is 50.0 Å². The predicted molar refractivity (Wildman–Crippen MR) is 127 cm³/mol. The predicted octanol–water partition coefficient (Wildman–Crippen LogP) is 2.30. The zero-order valence-corrected chi connectivity index (χ0v) is 19.4. The number of nitrogens with zero attached hydrogens (tertiary/aromatic N) is 3. The number of piperidine rings is 1. The number of anilines is 1. The fourth-order valence-corrected chi connectivity index (χ4v) is 5.86. The van der Waals surface area contributed by atoms with Crippen LogP contribution in [0.5, 0.6) is 0 Å². The van der Waals surface area contributed by atoms with E-state index in [-0.39, 0.29) is 6.10 Å². The van der Waals surface area contributed by atoms with Crippen LogP contribution < -0.4 is 4.90 Å². The summed E-state index contributed by atoms with van der Waals surface area (Å²) < 4.78 is 5.71. The van der Waals surface area contributed by atoms with Crippen molar-refractivity contribution in [1.82, 2.24) is 9.80 Å². The van der Waals surface area contributed by atoms with Gasteiger partial charge < -0.3 is 24.7 Å². The van der Waals surface area contributed by atoms with E-state index < -0.39 is 12.2 Å². The highest BCUT2D eigenvalue weighted by Gasteiger charge is 2.33. The largest absolute Gasteiger partial charge is 0.390 e. The standard InChI is InChI=1S/C26H41N3O3/c30-24-10-17-32-25(26(24)31)19-28-15-13-27(14-16-28)18-20-8-11-29(12-9-20)23-6-4-22(5-7-23)21-2-1-3-21/h4-7,20-21,24-26,30-31H,1-3,8-19H2. The van der Waals surface area contributed by atoms with E-state index in [0.717, 1.165) is 44.6 Å². The van der Waals surface area contributed by atoms with Crippen molar-refractivity contribution < 1.29 is 14.9 Å². The molecule has 4 fully saturated rings. The topological polar surface area (TPSA) is 59.4 Å². The summed E-state index contributed by atoms with van der Waals surface area (Å²) in [6.07, 6.45) is 5.61. The van der Waals surface area contributed by atoms with Crippen LogP contribution in [0.3, 0.4) is 0 Å². The Balaban J connectivity index is 1.02. The molecule has 0 amide bonds. The van der Waals surface area contributed by atoms with Gasteiger partial charge in [0.25, 0.3) is 0 Å². The second kappa shape index (κ2) is 10.4. The van der Waals surface area contributed by atoms with Gasteiger partial charge in [0.2, 0.25) is 0 Å². The summed E-state index contributed by atoms with van der Waals surface area (Å²) in [5, 5.41) is 20.1. The Hall–Kier alpha value is -1.18. The summed E-state index contributed by atoms with van der Waals surface area (Å²) >= 11 is 0. The van der Waals surface area contributed by atoms with Crippen LogP contribution in [0.25, 0.3) is 0 Å². The number of hydrogen-bond donors (Lipinski definition) is 2. The second-order valence-electron chi connectivity index (χ2n) is 10.5. The number of aliphatic hydroxyl groups excluding tert-OH is 2. The molecule has 1 aliphatic carbocycles. The van der Waals surface area contributed by atoms with Crippen molar-refractivity contribution in [2.24, 2.45) is 5.92 Å². The summed E-state index contributed by atoms with van der Waals surface area (Å²) in [5.41, 5.74) is 2.94. The maximum atomic E-state index is 10.2. The highest BCUT2D eigenvalue weighted by molar-refractivity contribution is 5.48. The first-order valence-corrected chi connectivity index (χ1v) is 12.9. The van der Waals surface area contributed by atoms with Crippen molar-refractivity contribution in [1.29, 1.82) is 0 Å². The Morgan fingerprint density at radius 1 is 0.781 bits per heavy atom. The van der Waals surface area contributed by atoms with Gasteiger partial charge in [0.05, 0.1) is 12.2 Å². The van der Waals surface area contributed by atoms with Crippen LogP contribution in [0.15, 0.2) is 24.3 Å². The second-order valence-corrected chi connectivity index (χ2v) is 10.5. The SMILES string of the molecule is OC1CCOC(CN2CCN(CC3CCN(c4ccc(C5CCC5)cc4)CC3)CC2)C1O. The Labute approximate surface area is 193 Å². The monoisotopic (exact) mass is 443 g/mol. The van der Waals surface area contributed by atoms with Crippen molar-refractivity contribution in [3.8, 4) is 0 Å². The average Bonchev–Trinajstić information content (AvgIpc) is 2.78. The molecule has 3 unspecified atom stereocenters. The molecule has 32 heavy (non-hydrogen) atoms. The van der Waals surface area contributed by atoms with Gasteiger partial charge in [-0.1, -0.05) is 18.6 Å². The van der Waals surface area contributed by atoms with E-state index in [1.807, 2.05) is 0 Å². The lowest BCUT2D eigenvalue weighted by Crippen LogP contribution is -2.54. The molecule has 3 heterocycles. The van der Waals surface area contributed by atoms with Crippen molar-refractivity contribution in [2.75, 3.05) is 63.9 Å². The molecule has 0 radical (unpaired) electrons. The zero-order chi connectivity index (χ0) is 21.9. The number of piperazine rings is 1. The van der Waals surface area contributed by atoms with Crippen molar-refractivity contribution in [2.45, 2.75) is 62.8 Å². The van der Waals surface area contributed by atoms with E-state index in [1.165, 1.54) is 63.0 Å². The molecular formula is C26H41N3O3. The van der Waals surface area contributed by atoms with E-state index in [4.69, 9.17) is 4.74 Å². The highest BCUT2D eigenvalue weighted by Crippen LogP contribution is 2.37. The molecule has 4 aliphatic rings. The first kappa shape index (κ1) is 22.6. The lowest BCUT2D eigenvalue weighted by atomic mass is 9.80. The molecular weight excluding hydrogens is 402 g/mol. The van der Waals surface area contributed by atoms with E-state index >= 15 is 0 Å².